The summed E-state index contributed by atoms with van der Waals surface area (Å²) in [6.45, 7) is 3.89. The van der Waals surface area contributed by atoms with Gasteiger partial charge in [0, 0.05) is 17.6 Å². The molecule has 3 nitrogen and oxygen atoms in total. The molecular weight excluding hydrogens is 207 g/mol. The lowest BCUT2D eigenvalue weighted by molar-refractivity contribution is 0.187. The van der Waals surface area contributed by atoms with Gasteiger partial charge in [-0.15, -0.1) is 0 Å². The van der Waals surface area contributed by atoms with Crippen molar-refractivity contribution in [3.8, 4) is 6.07 Å². The molecule has 2 N–H and O–H groups in total. The van der Waals surface area contributed by atoms with Crippen LogP contribution in [0.1, 0.15) is 25.0 Å². The molecule has 0 heterocycles. The Morgan fingerprint density at radius 3 is 2.75 bits per heavy atom. The molecule has 0 bridgehead atoms. The summed E-state index contributed by atoms with van der Waals surface area (Å²) in [6.07, 6.45) is 0. The molecule has 86 valence electrons. The summed E-state index contributed by atoms with van der Waals surface area (Å²) in [6, 6.07) is 6.50. The molecule has 0 radical (unpaired) electrons. The largest absolute Gasteiger partial charge is 0.394 e. The van der Waals surface area contributed by atoms with Gasteiger partial charge in [-0.3, -0.25) is 0 Å². The van der Waals surface area contributed by atoms with Crippen LogP contribution in [0.5, 0.6) is 0 Å². The van der Waals surface area contributed by atoms with Gasteiger partial charge in [-0.2, -0.15) is 5.26 Å². The van der Waals surface area contributed by atoms with E-state index < -0.39 is 11.4 Å². The van der Waals surface area contributed by atoms with E-state index in [1.165, 1.54) is 6.07 Å². The summed E-state index contributed by atoms with van der Waals surface area (Å²) < 4.78 is 13.6. The standard InChI is InChI=1S/C12H15FN2O/c1-12(2,8-16)15-7-10-5-3-4-9(6-14)11(10)13/h3-5,15-16H,7-8H2,1-2H3. The van der Waals surface area contributed by atoms with Crippen LogP contribution in [-0.4, -0.2) is 17.3 Å². The number of nitrogens with zero attached hydrogens (tertiary/aromatic N) is 1. The van der Waals surface area contributed by atoms with Gasteiger partial charge in [0.25, 0.3) is 0 Å². The maximum absolute atomic E-state index is 13.6. The molecule has 0 aromatic heterocycles. The lowest BCUT2D eigenvalue weighted by atomic mass is 10.1. The first kappa shape index (κ1) is 12.6. The number of halogens is 1. The molecule has 1 rings (SSSR count). The van der Waals surface area contributed by atoms with Crippen molar-refractivity contribution < 1.29 is 9.50 Å². The topological polar surface area (TPSA) is 56.0 Å². The Balaban J connectivity index is 2.80. The molecule has 0 aliphatic heterocycles. The molecule has 0 unspecified atom stereocenters. The van der Waals surface area contributed by atoms with E-state index in [9.17, 15) is 4.39 Å². The van der Waals surface area contributed by atoms with Gasteiger partial charge < -0.3 is 10.4 Å². The van der Waals surface area contributed by atoms with E-state index in [4.69, 9.17) is 10.4 Å². The number of hydrogen-bond donors (Lipinski definition) is 2. The van der Waals surface area contributed by atoms with E-state index in [-0.39, 0.29) is 18.7 Å². The molecule has 0 amide bonds. The molecule has 4 heteroatoms. The molecule has 0 saturated carbocycles. The highest BCUT2D eigenvalue weighted by Crippen LogP contribution is 2.13. The third kappa shape index (κ3) is 3.02. The predicted molar refractivity (Wildman–Crippen MR) is 59.1 cm³/mol. The van der Waals surface area contributed by atoms with Crippen molar-refractivity contribution >= 4 is 0 Å². The Morgan fingerprint density at radius 2 is 2.19 bits per heavy atom. The van der Waals surface area contributed by atoms with Crippen LogP contribution in [0, 0.1) is 17.1 Å². The average Bonchev–Trinajstić information content (AvgIpc) is 2.28. The first-order valence-corrected chi connectivity index (χ1v) is 5.03. The van der Waals surface area contributed by atoms with E-state index in [2.05, 4.69) is 5.32 Å². The Morgan fingerprint density at radius 1 is 1.50 bits per heavy atom. The van der Waals surface area contributed by atoms with Crippen molar-refractivity contribution in [3.05, 3.63) is 35.1 Å². The smallest absolute Gasteiger partial charge is 0.145 e. The SMILES string of the molecule is CC(C)(CO)NCc1cccc(C#N)c1F. The Hall–Kier alpha value is -1.44. The van der Waals surface area contributed by atoms with Gasteiger partial charge in [-0.25, -0.2) is 4.39 Å². The molecule has 0 atom stereocenters. The second-order valence-electron chi connectivity index (χ2n) is 4.29. The van der Waals surface area contributed by atoms with Crippen LogP contribution in [0.2, 0.25) is 0 Å². The first-order chi connectivity index (χ1) is 7.50. The van der Waals surface area contributed by atoms with Gasteiger partial charge in [0.1, 0.15) is 11.9 Å². The van der Waals surface area contributed by atoms with Crippen molar-refractivity contribution in [3.63, 3.8) is 0 Å². The lowest BCUT2D eigenvalue weighted by Gasteiger charge is -2.23. The number of benzene rings is 1. The quantitative estimate of drug-likeness (QED) is 0.812. The van der Waals surface area contributed by atoms with Gasteiger partial charge in [0.15, 0.2) is 0 Å². The van der Waals surface area contributed by atoms with E-state index >= 15 is 0 Å². The summed E-state index contributed by atoms with van der Waals surface area (Å²) >= 11 is 0. The molecule has 0 fully saturated rings. The maximum atomic E-state index is 13.6. The summed E-state index contributed by atoms with van der Waals surface area (Å²) in [5, 5.41) is 20.7. The molecule has 16 heavy (non-hydrogen) atoms. The zero-order valence-electron chi connectivity index (χ0n) is 9.42. The highest BCUT2D eigenvalue weighted by molar-refractivity contribution is 5.34. The van der Waals surface area contributed by atoms with Crippen molar-refractivity contribution in [2.75, 3.05) is 6.61 Å². The average molecular weight is 222 g/mol. The molecule has 0 saturated heterocycles. The molecule has 0 spiro atoms. The van der Waals surface area contributed by atoms with Crippen LogP contribution in [0.4, 0.5) is 4.39 Å². The molecule has 1 aromatic carbocycles. The fourth-order valence-electron chi connectivity index (χ4n) is 1.19. The van der Waals surface area contributed by atoms with E-state index in [0.717, 1.165) is 0 Å². The summed E-state index contributed by atoms with van der Waals surface area (Å²) in [5.41, 5.74) is 0.0106. The van der Waals surface area contributed by atoms with Crippen LogP contribution >= 0.6 is 0 Å². The number of hydrogen-bond acceptors (Lipinski definition) is 3. The zero-order valence-corrected chi connectivity index (χ0v) is 9.42. The third-order valence-electron chi connectivity index (χ3n) is 2.35. The maximum Gasteiger partial charge on any atom is 0.145 e. The molecule has 0 aliphatic carbocycles. The van der Waals surface area contributed by atoms with Crippen LogP contribution in [0.3, 0.4) is 0 Å². The third-order valence-corrected chi connectivity index (χ3v) is 2.35. The van der Waals surface area contributed by atoms with Crippen LogP contribution in [0.25, 0.3) is 0 Å². The minimum Gasteiger partial charge on any atom is -0.394 e. The van der Waals surface area contributed by atoms with Crippen molar-refractivity contribution in [2.45, 2.75) is 25.9 Å². The Bertz CT molecular complexity index is 410. The highest BCUT2D eigenvalue weighted by Gasteiger charge is 2.16. The number of aliphatic hydroxyl groups excluding tert-OH is 1. The fraction of sp³-hybridized carbons (Fsp3) is 0.417. The van der Waals surface area contributed by atoms with E-state index in [1.807, 2.05) is 13.8 Å². The normalized spacial score (nSPS) is 11.2. The van der Waals surface area contributed by atoms with Gasteiger partial charge in [-0.05, 0) is 19.9 Å². The van der Waals surface area contributed by atoms with Crippen molar-refractivity contribution in [2.24, 2.45) is 0 Å². The van der Waals surface area contributed by atoms with Gasteiger partial charge >= 0.3 is 0 Å². The number of nitriles is 1. The van der Waals surface area contributed by atoms with Crippen molar-refractivity contribution in [1.29, 1.82) is 5.26 Å². The minimum atomic E-state index is -0.494. The predicted octanol–water partition coefficient (Wildman–Crippen LogP) is 1.56. The van der Waals surface area contributed by atoms with Crippen LogP contribution in [-0.2, 0) is 6.54 Å². The van der Waals surface area contributed by atoms with E-state index in [1.54, 1.807) is 18.2 Å². The molecule has 0 aliphatic rings. The second kappa shape index (κ2) is 5.06. The fourth-order valence-corrected chi connectivity index (χ4v) is 1.19. The number of rotatable bonds is 4. The van der Waals surface area contributed by atoms with E-state index in [0.29, 0.717) is 5.56 Å². The monoisotopic (exact) mass is 222 g/mol. The number of nitrogens with one attached hydrogen (secondary N) is 1. The first-order valence-electron chi connectivity index (χ1n) is 5.03. The molecule has 1 aromatic rings. The second-order valence-corrected chi connectivity index (χ2v) is 4.29. The van der Waals surface area contributed by atoms with Crippen LogP contribution in [0.15, 0.2) is 18.2 Å². The number of aliphatic hydroxyl groups is 1. The Kier molecular flexibility index (Phi) is 3.99. The highest BCUT2D eigenvalue weighted by atomic mass is 19.1. The Labute approximate surface area is 94.5 Å². The minimum absolute atomic E-state index is 0.0352. The van der Waals surface area contributed by atoms with Crippen LogP contribution < -0.4 is 5.32 Å². The van der Waals surface area contributed by atoms with Crippen molar-refractivity contribution in [1.82, 2.24) is 5.32 Å². The molecular formula is C12H15FN2O. The van der Waals surface area contributed by atoms with Gasteiger partial charge in [0.05, 0.1) is 12.2 Å². The van der Waals surface area contributed by atoms with Gasteiger partial charge in [0.2, 0.25) is 0 Å². The van der Waals surface area contributed by atoms with Gasteiger partial charge in [-0.1, -0.05) is 12.1 Å². The summed E-state index contributed by atoms with van der Waals surface area (Å²) in [7, 11) is 0. The summed E-state index contributed by atoms with van der Waals surface area (Å²) in [4.78, 5) is 0. The lowest BCUT2D eigenvalue weighted by Crippen LogP contribution is -2.42. The zero-order chi connectivity index (χ0) is 12.2. The summed E-state index contributed by atoms with van der Waals surface area (Å²) in [5.74, 6) is -0.494.